The summed E-state index contributed by atoms with van der Waals surface area (Å²) in [6.07, 6.45) is 2.08. The van der Waals surface area contributed by atoms with Gasteiger partial charge < -0.3 is 20.7 Å². The van der Waals surface area contributed by atoms with Crippen molar-refractivity contribution in [1.82, 2.24) is 21.4 Å². The predicted octanol–water partition coefficient (Wildman–Crippen LogP) is 1.88. The van der Waals surface area contributed by atoms with Crippen molar-refractivity contribution in [3.05, 3.63) is 35.9 Å². The fraction of sp³-hybridized carbons (Fsp3) is 0.600. The minimum Gasteiger partial charge on any atom is -0.444 e. The van der Waals surface area contributed by atoms with E-state index in [2.05, 4.69) is 21.4 Å². The highest BCUT2D eigenvalue weighted by Gasteiger charge is 2.31. The van der Waals surface area contributed by atoms with Gasteiger partial charge in [0.2, 0.25) is 11.8 Å². The number of alkyl carbamates (subject to hydrolysis) is 1. The largest absolute Gasteiger partial charge is 0.444 e. The molecule has 1 rings (SSSR count). The molecule has 11 heteroatoms. The zero-order valence-electron chi connectivity index (χ0n) is 22.1. The lowest BCUT2D eigenvalue weighted by molar-refractivity contribution is -0.132. The van der Waals surface area contributed by atoms with Crippen LogP contribution in [0.3, 0.4) is 0 Å². The fourth-order valence-corrected chi connectivity index (χ4v) is 3.83. The highest BCUT2D eigenvalue weighted by molar-refractivity contribution is 7.98. The molecule has 0 saturated carbocycles. The first-order valence-corrected chi connectivity index (χ1v) is 13.4. The molecule has 0 bridgehead atoms. The van der Waals surface area contributed by atoms with Crippen LogP contribution in [0.25, 0.3) is 0 Å². The first kappa shape index (κ1) is 31.2. The van der Waals surface area contributed by atoms with E-state index in [1.807, 2.05) is 50.4 Å². The van der Waals surface area contributed by atoms with E-state index in [1.165, 1.54) is 11.8 Å². The molecule has 0 fully saturated rings. The van der Waals surface area contributed by atoms with Gasteiger partial charge in [-0.1, -0.05) is 44.2 Å². The van der Waals surface area contributed by atoms with Crippen molar-refractivity contribution >= 4 is 35.6 Å². The van der Waals surface area contributed by atoms with Gasteiger partial charge in [0.1, 0.15) is 23.7 Å². The van der Waals surface area contributed by atoms with Crippen LogP contribution in [0.2, 0.25) is 0 Å². The highest BCUT2D eigenvalue weighted by Crippen LogP contribution is 2.11. The molecule has 36 heavy (non-hydrogen) atoms. The third kappa shape index (κ3) is 12.3. The average molecular weight is 524 g/mol. The number of benzene rings is 1. The molecule has 0 aliphatic carbocycles. The second-order valence-corrected chi connectivity index (χ2v) is 10.9. The van der Waals surface area contributed by atoms with E-state index in [-0.39, 0.29) is 12.3 Å². The van der Waals surface area contributed by atoms with Gasteiger partial charge in [-0.25, -0.2) is 10.6 Å². The van der Waals surface area contributed by atoms with E-state index in [9.17, 15) is 19.2 Å². The summed E-state index contributed by atoms with van der Waals surface area (Å²) in [5.41, 5.74) is 2.17. The minimum absolute atomic E-state index is 0.0845. The van der Waals surface area contributed by atoms with Crippen LogP contribution in [0.4, 0.5) is 4.79 Å². The number of ether oxygens (including phenoxy) is 1. The van der Waals surface area contributed by atoms with Crippen LogP contribution in [0.15, 0.2) is 30.3 Å². The third-order valence-corrected chi connectivity index (χ3v) is 5.66. The first-order valence-electron chi connectivity index (χ1n) is 12.0. The number of thioether (sulfide) groups is 1. The maximum absolute atomic E-state index is 13.3. The van der Waals surface area contributed by atoms with Crippen LogP contribution in [0.5, 0.6) is 0 Å². The Labute approximate surface area is 218 Å². The molecule has 1 aromatic carbocycles. The Morgan fingerprint density at radius 2 is 1.50 bits per heavy atom. The van der Waals surface area contributed by atoms with Crippen molar-refractivity contribution in [2.45, 2.75) is 77.6 Å². The van der Waals surface area contributed by atoms with Crippen LogP contribution in [-0.2, 0) is 25.5 Å². The van der Waals surface area contributed by atoms with Crippen molar-refractivity contribution in [2.75, 3.05) is 12.0 Å². The van der Waals surface area contributed by atoms with Gasteiger partial charge in [0.05, 0.1) is 0 Å². The SMILES string of the molecule is CSCCC(NC(=O)C(Cc1ccccc1)NC(=O)C(CC(C)C)NC(=O)OC(C)(C)C)C(=O)NN. The van der Waals surface area contributed by atoms with E-state index in [0.29, 0.717) is 18.6 Å². The van der Waals surface area contributed by atoms with Gasteiger partial charge in [-0.05, 0) is 57.1 Å². The molecule has 3 atom stereocenters. The van der Waals surface area contributed by atoms with Crippen LogP contribution >= 0.6 is 11.8 Å². The second-order valence-electron chi connectivity index (χ2n) is 9.93. The standard InChI is InChI=1S/C25H41N5O5S/c1-16(2)14-19(29-24(34)35-25(3,4)5)21(31)28-20(15-17-10-8-7-9-11-17)22(32)27-18(12-13-36-6)23(33)30-26/h7-11,16,18-20H,12-15,26H2,1-6H3,(H,27,32)(H,28,31)(H,29,34)(H,30,33). The molecule has 202 valence electrons. The summed E-state index contributed by atoms with van der Waals surface area (Å²) in [7, 11) is 0. The molecule has 0 saturated heterocycles. The summed E-state index contributed by atoms with van der Waals surface area (Å²) in [6, 6.07) is 6.45. The van der Waals surface area contributed by atoms with Crippen LogP contribution < -0.4 is 27.2 Å². The molecular formula is C25H41N5O5S. The number of carbonyl (C=O) groups excluding carboxylic acids is 4. The van der Waals surface area contributed by atoms with Gasteiger partial charge in [-0.2, -0.15) is 11.8 Å². The number of amides is 4. The van der Waals surface area contributed by atoms with Gasteiger partial charge in [-0.15, -0.1) is 0 Å². The molecule has 0 aliphatic rings. The Hall–Kier alpha value is -2.79. The van der Waals surface area contributed by atoms with Gasteiger partial charge in [0.25, 0.3) is 5.91 Å². The number of nitrogens with one attached hydrogen (secondary N) is 4. The van der Waals surface area contributed by atoms with Crippen LogP contribution in [0, 0.1) is 5.92 Å². The Bertz CT molecular complexity index is 860. The zero-order chi connectivity index (χ0) is 27.3. The highest BCUT2D eigenvalue weighted by atomic mass is 32.2. The number of hydrazine groups is 1. The molecule has 4 amide bonds. The minimum atomic E-state index is -0.989. The maximum Gasteiger partial charge on any atom is 0.408 e. The van der Waals surface area contributed by atoms with E-state index in [4.69, 9.17) is 10.6 Å². The van der Waals surface area contributed by atoms with E-state index >= 15 is 0 Å². The Morgan fingerprint density at radius 3 is 2.03 bits per heavy atom. The number of hydrogen-bond acceptors (Lipinski definition) is 7. The Morgan fingerprint density at radius 1 is 0.917 bits per heavy atom. The lowest BCUT2D eigenvalue weighted by Gasteiger charge is -2.27. The van der Waals surface area contributed by atoms with E-state index in [1.54, 1.807) is 20.8 Å². The second kappa shape index (κ2) is 15.4. The molecule has 1 aromatic rings. The smallest absolute Gasteiger partial charge is 0.408 e. The number of nitrogens with two attached hydrogens (primary N) is 1. The molecule has 10 nitrogen and oxygen atoms in total. The van der Waals surface area contributed by atoms with Gasteiger partial charge >= 0.3 is 6.09 Å². The van der Waals surface area contributed by atoms with E-state index in [0.717, 1.165) is 5.56 Å². The van der Waals surface area contributed by atoms with Crippen molar-refractivity contribution in [3.8, 4) is 0 Å². The Kier molecular flexibility index (Phi) is 13.3. The van der Waals surface area contributed by atoms with Crippen molar-refractivity contribution in [3.63, 3.8) is 0 Å². The molecule has 3 unspecified atom stereocenters. The summed E-state index contributed by atoms with van der Waals surface area (Å²) < 4.78 is 5.31. The average Bonchev–Trinajstić information content (AvgIpc) is 2.79. The molecular weight excluding hydrogens is 482 g/mol. The van der Waals surface area contributed by atoms with Gasteiger partial charge in [-0.3, -0.25) is 19.8 Å². The quantitative estimate of drug-likeness (QED) is 0.150. The molecule has 0 aromatic heterocycles. The van der Waals surface area contributed by atoms with Crippen LogP contribution in [-0.4, -0.2) is 59.5 Å². The molecule has 6 N–H and O–H groups in total. The monoisotopic (exact) mass is 523 g/mol. The summed E-state index contributed by atoms with van der Waals surface area (Å²) in [4.78, 5) is 51.1. The maximum atomic E-state index is 13.3. The summed E-state index contributed by atoms with van der Waals surface area (Å²) >= 11 is 1.53. The van der Waals surface area contributed by atoms with Crippen LogP contribution in [0.1, 0.15) is 53.0 Å². The molecule has 0 radical (unpaired) electrons. The summed E-state index contributed by atoms with van der Waals surface area (Å²) in [5.74, 6) is 4.45. The van der Waals surface area contributed by atoms with E-state index < -0.39 is 47.5 Å². The lowest BCUT2D eigenvalue weighted by atomic mass is 10.0. The molecule has 0 aliphatic heterocycles. The predicted molar refractivity (Wildman–Crippen MR) is 142 cm³/mol. The molecule has 0 heterocycles. The zero-order valence-corrected chi connectivity index (χ0v) is 22.9. The number of rotatable bonds is 13. The van der Waals surface area contributed by atoms with Gasteiger partial charge in [0.15, 0.2) is 0 Å². The van der Waals surface area contributed by atoms with Crippen molar-refractivity contribution in [2.24, 2.45) is 11.8 Å². The Balaban J connectivity index is 3.12. The summed E-state index contributed by atoms with van der Waals surface area (Å²) in [5, 5.41) is 8.10. The summed E-state index contributed by atoms with van der Waals surface area (Å²) in [6.45, 7) is 9.04. The normalized spacial score (nSPS) is 13.8. The first-order chi connectivity index (χ1) is 16.9. The lowest BCUT2D eigenvalue weighted by Crippen LogP contribution is -2.58. The number of carbonyl (C=O) groups is 4. The third-order valence-electron chi connectivity index (χ3n) is 5.02. The molecule has 0 spiro atoms. The topological polar surface area (TPSA) is 152 Å². The fourth-order valence-electron chi connectivity index (χ4n) is 3.36. The van der Waals surface area contributed by atoms with Crippen molar-refractivity contribution in [1.29, 1.82) is 0 Å². The number of hydrogen-bond donors (Lipinski definition) is 5. The van der Waals surface area contributed by atoms with Gasteiger partial charge in [0, 0.05) is 6.42 Å². The van der Waals surface area contributed by atoms with Crippen molar-refractivity contribution < 1.29 is 23.9 Å².